The summed E-state index contributed by atoms with van der Waals surface area (Å²) in [6.45, 7) is 10.4. The minimum Gasteiger partial charge on any atom is -0.393 e. The fourth-order valence-electron chi connectivity index (χ4n) is 3.54. The molecule has 0 saturated carbocycles. The van der Waals surface area contributed by atoms with Gasteiger partial charge < -0.3 is 14.6 Å². The van der Waals surface area contributed by atoms with Crippen molar-refractivity contribution in [3.8, 4) is 0 Å². The highest BCUT2D eigenvalue weighted by molar-refractivity contribution is 4.91. The van der Waals surface area contributed by atoms with E-state index in [1.54, 1.807) is 0 Å². The Bertz CT molecular complexity index is 315. The quantitative estimate of drug-likeness (QED) is 0.798. The van der Waals surface area contributed by atoms with E-state index in [1.165, 1.54) is 0 Å². The molecule has 2 saturated heterocycles. The lowest BCUT2D eigenvalue weighted by molar-refractivity contribution is -0.339. The molecule has 0 aromatic carbocycles. The highest BCUT2D eigenvalue weighted by Gasteiger charge is 2.47. The molecule has 1 N–H and O–H groups in total. The van der Waals surface area contributed by atoms with Gasteiger partial charge in [0.05, 0.1) is 18.3 Å². The highest BCUT2D eigenvalue weighted by Crippen LogP contribution is 2.43. The monoisotopic (exact) mass is 268 g/mol. The lowest BCUT2D eigenvalue weighted by Crippen LogP contribution is -2.54. The van der Waals surface area contributed by atoms with E-state index in [4.69, 9.17) is 9.47 Å². The van der Waals surface area contributed by atoms with Gasteiger partial charge in [-0.1, -0.05) is 26.8 Å². The van der Waals surface area contributed by atoms with Crippen molar-refractivity contribution in [2.24, 2.45) is 11.8 Å². The molecule has 2 rings (SSSR count). The molecule has 0 aliphatic carbocycles. The third-order valence-corrected chi connectivity index (χ3v) is 4.44. The van der Waals surface area contributed by atoms with Crippen LogP contribution >= 0.6 is 0 Å². The first-order valence-electron chi connectivity index (χ1n) is 7.60. The molecular weight excluding hydrogens is 240 g/mol. The minimum absolute atomic E-state index is 0.0440. The van der Waals surface area contributed by atoms with Gasteiger partial charge in [-0.3, -0.25) is 0 Å². The topological polar surface area (TPSA) is 38.7 Å². The van der Waals surface area contributed by atoms with E-state index in [0.717, 1.165) is 19.3 Å². The van der Waals surface area contributed by atoms with E-state index < -0.39 is 5.79 Å². The van der Waals surface area contributed by atoms with Crippen LogP contribution in [0, 0.1) is 11.8 Å². The molecule has 3 nitrogen and oxygen atoms in total. The molecular formula is C16H28O3. The number of rotatable bonds is 3. The standard InChI is InChI=1S/C16H28O3/c1-5-6-14-9-13(17)10-16(18-14)8-7-12(4)15(19-16)11(2)3/h5,11-15,17H,1,6-10H2,2-4H3/t12-,13-,14+,15+,16+/m0/s1. The molecule has 0 amide bonds. The van der Waals surface area contributed by atoms with Crippen LogP contribution < -0.4 is 0 Å². The summed E-state index contributed by atoms with van der Waals surface area (Å²) in [5.41, 5.74) is 0. The van der Waals surface area contributed by atoms with Gasteiger partial charge in [0.1, 0.15) is 0 Å². The molecule has 0 aromatic heterocycles. The fourth-order valence-corrected chi connectivity index (χ4v) is 3.54. The summed E-state index contributed by atoms with van der Waals surface area (Å²) >= 11 is 0. The van der Waals surface area contributed by atoms with Gasteiger partial charge in [0.25, 0.3) is 0 Å². The van der Waals surface area contributed by atoms with Crippen LogP contribution in [-0.4, -0.2) is 29.2 Å². The van der Waals surface area contributed by atoms with Gasteiger partial charge in [-0.2, -0.15) is 0 Å². The summed E-state index contributed by atoms with van der Waals surface area (Å²) in [6.07, 6.45) is 5.89. The van der Waals surface area contributed by atoms with Crippen LogP contribution in [0.15, 0.2) is 12.7 Å². The average molecular weight is 268 g/mol. The Morgan fingerprint density at radius 2 is 2.16 bits per heavy atom. The summed E-state index contributed by atoms with van der Waals surface area (Å²) in [5.74, 6) is 0.478. The van der Waals surface area contributed by atoms with Gasteiger partial charge >= 0.3 is 0 Å². The number of aliphatic hydroxyl groups excluding tert-OH is 1. The second-order valence-electron chi connectivity index (χ2n) is 6.61. The van der Waals surface area contributed by atoms with Crippen LogP contribution in [0.5, 0.6) is 0 Å². The predicted octanol–water partition coefficient (Wildman–Crippen LogP) is 3.27. The lowest BCUT2D eigenvalue weighted by atomic mass is 9.83. The molecule has 19 heavy (non-hydrogen) atoms. The summed E-state index contributed by atoms with van der Waals surface area (Å²) < 4.78 is 12.5. The maximum atomic E-state index is 10.1. The number of hydrogen-bond acceptors (Lipinski definition) is 3. The zero-order chi connectivity index (χ0) is 14.0. The predicted molar refractivity (Wildman–Crippen MR) is 75.8 cm³/mol. The molecule has 2 aliphatic heterocycles. The molecule has 2 aliphatic rings. The Kier molecular flexibility index (Phi) is 4.70. The molecule has 2 fully saturated rings. The van der Waals surface area contributed by atoms with Gasteiger partial charge in [-0.05, 0) is 24.7 Å². The van der Waals surface area contributed by atoms with Crippen LogP contribution in [0.2, 0.25) is 0 Å². The van der Waals surface area contributed by atoms with Crippen LogP contribution in [0.1, 0.15) is 52.9 Å². The van der Waals surface area contributed by atoms with E-state index in [2.05, 4.69) is 27.4 Å². The van der Waals surface area contributed by atoms with Crippen molar-refractivity contribution in [3.05, 3.63) is 12.7 Å². The fraction of sp³-hybridized carbons (Fsp3) is 0.875. The van der Waals surface area contributed by atoms with Crippen molar-refractivity contribution >= 4 is 0 Å². The molecule has 2 heterocycles. The van der Waals surface area contributed by atoms with Crippen molar-refractivity contribution in [1.29, 1.82) is 0 Å². The van der Waals surface area contributed by atoms with Gasteiger partial charge in [-0.25, -0.2) is 0 Å². The van der Waals surface area contributed by atoms with Gasteiger partial charge in [0.2, 0.25) is 0 Å². The first-order chi connectivity index (χ1) is 8.96. The van der Waals surface area contributed by atoms with Gasteiger partial charge in [0.15, 0.2) is 5.79 Å². The molecule has 110 valence electrons. The van der Waals surface area contributed by atoms with E-state index in [9.17, 15) is 5.11 Å². The number of ether oxygens (including phenoxy) is 2. The Labute approximate surface area is 117 Å². The molecule has 1 spiro atoms. The van der Waals surface area contributed by atoms with Crippen LogP contribution in [0.25, 0.3) is 0 Å². The van der Waals surface area contributed by atoms with Crippen LogP contribution in [0.3, 0.4) is 0 Å². The first-order valence-corrected chi connectivity index (χ1v) is 7.60. The molecule has 0 bridgehead atoms. The third kappa shape index (κ3) is 3.39. The molecule has 0 unspecified atom stereocenters. The highest BCUT2D eigenvalue weighted by atomic mass is 16.7. The zero-order valence-electron chi connectivity index (χ0n) is 12.5. The summed E-state index contributed by atoms with van der Waals surface area (Å²) in [4.78, 5) is 0. The molecule has 3 heteroatoms. The van der Waals surface area contributed by atoms with E-state index >= 15 is 0 Å². The maximum Gasteiger partial charge on any atom is 0.171 e. The second-order valence-corrected chi connectivity index (χ2v) is 6.61. The van der Waals surface area contributed by atoms with Crippen molar-refractivity contribution in [1.82, 2.24) is 0 Å². The van der Waals surface area contributed by atoms with Crippen molar-refractivity contribution < 1.29 is 14.6 Å². The molecule has 5 atom stereocenters. The van der Waals surface area contributed by atoms with E-state index in [0.29, 0.717) is 24.7 Å². The lowest BCUT2D eigenvalue weighted by Gasteiger charge is -2.50. The molecule has 0 radical (unpaired) electrons. The zero-order valence-corrected chi connectivity index (χ0v) is 12.5. The normalized spacial score (nSPS) is 43.6. The Balaban J connectivity index is 2.10. The largest absolute Gasteiger partial charge is 0.393 e. The third-order valence-electron chi connectivity index (χ3n) is 4.44. The minimum atomic E-state index is -0.563. The summed E-state index contributed by atoms with van der Waals surface area (Å²) in [6, 6.07) is 0. The van der Waals surface area contributed by atoms with Crippen LogP contribution in [0.4, 0.5) is 0 Å². The Hall–Kier alpha value is -0.380. The van der Waals surface area contributed by atoms with Crippen molar-refractivity contribution in [3.63, 3.8) is 0 Å². The first kappa shape index (κ1) is 15.0. The van der Waals surface area contributed by atoms with Gasteiger partial charge in [0, 0.05) is 19.3 Å². The number of aliphatic hydroxyl groups is 1. The summed E-state index contributed by atoms with van der Waals surface area (Å²) in [7, 11) is 0. The maximum absolute atomic E-state index is 10.1. The second kappa shape index (κ2) is 5.94. The van der Waals surface area contributed by atoms with Crippen LogP contribution in [-0.2, 0) is 9.47 Å². The van der Waals surface area contributed by atoms with Gasteiger partial charge in [-0.15, -0.1) is 6.58 Å². The van der Waals surface area contributed by atoms with Crippen molar-refractivity contribution in [2.75, 3.05) is 0 Å². The Morgan fingerprint density at radius 3 is 2.79 bits per heavy atom. The average Bonchev–Trinajstić information content (AvgIpc) is 2.32. The number of hydrogen-bond donors (Lipinski definition) is 1. The van der Waals surface area contributed by atoms with E-state index in [1.807, 2.05) is 6.08 Å². The smallest absolute Gasteiger partial charge is 0.171 e. The summed E-state index contributed by atoms with van der Waals surface area (Å²) in [5, 5.41) is 10.1. The molecule has 0 aromatic rings. The Morgan fingerprint density at radius 1 is 1.42 bits per heavy atom. The van der Waals surface area contributed by atoms with E-state index in [-0.39, 0.29) is 18.3 Å². The van der Waals surface area contributed by atoms with Crippen molar-refractivity contribution in [2.45, 2.75) is 77.0 Å². The SMILES string of the molecule is C=CC[C@@H]1C[C@H](O)C[C@]2(CC[C@H](C)[C@@H](C(C)C)O2)O1.